The number of amides is 1. The van der Waals surface area contributed by atoms with E-state index in [2.05, 4.69) is 15.5 Å². The van der Waals surface area contributed by atoms with Crippen molar-refractivity contribution in [2.75, 3.05) is 10.3 Å². The van der Waals surface area contributed by atoms with E-state index < -0.39 is 5.82 Å². The molecule has 1 amide bonds. The van der Waals surface area contributed by atoms with Crippen LogP contribution >= 0.6 is 11.3 Å². The molecule has 0 saturated heterocycles. The second-order valence-electron chi connectivity index (χ2n) is 5.60. The second-order valence-corrected chi connectivity index (χ2v) is 6.44. The molecule has 1 N–H and O–H groups in total. The number of hydrogen-bond acceptors (Lipinski definition) is 5. The Balaban J connectivity index is 1.78. The van der Waals surface area contributed by atoms with Crippen LogP contribution in [-0.4, -0.2) is 17.1 Å². The predicted octanol–water partition coefficient (Wildman–Crippen LogP) is 4.72. The molecule has 0 spiro atoms. The first-order chi connectivity index (χ1) is 12.5. The van der Waals surface area contributed by atoms with Crippen LogP contribution in [-0.2, 0) is 4.79 Å². The number of carbonyl (C=O) groups is 1. The number of rotatable bonds is 5. The molecule has 0 fully saturated rings. The van der Waals surface area contributed by atoms with E-state index in [1.54, 1.807) is 29.8 Å². The topological polar surface area (TPSA) is 57.6 Å². The molecule has 132 valence electrons. The Morgan fingerprint density at radius 3 is 2.81 bits per heavy atom. The van der Waals surface area contributed by atoms with Crippen LogP contribution in [0.5, 0.6) is 0 Å². The minimum Gasteiger partial charge on any atom is -0.278 e. The summed E-state index contributed by atoms with van der Waals surface area (Å²) in [6, 6.07) is 13.9. The van der Waals surface area contributed by atoms with Crippen molar-refractivity contribution in [3.05, 3.63) is 71.0 Å². The lowest BCUT2D eigenvalue weighted by atomic mass is 10.2. The normalized spacial score (nSPS) is 10.9. The van der Waals surface area contributed by atoms with Crippen LogP contribution in [0.2, 0.25) is 0 Å². The van der Waals surface area contributed by atoms with Gasteiger partial charge in [-0.15, -0.1) is 11.3 Å². The molecule has 5 nitrogen and oxygen atoms in total. The Labute approximate surface area is 154 Å². The molecule has 3 rings (SSSR count). The lowest BCUT2D eigenvalue weighted by Gasteiger charge is -2.18. The molecule has 0 unspecified atom stereocenters. The summed E-state index contributed by atoms with van der Waals surface area (Å²) < 4.78 is 14.1. The van der Waals surface area contributed by atoms with Gasteiger partial charge in [0, 0.05) is 12.3 Å². The number of anilines is 3. The van der Waals surface area contributed by atoms with E-state index in [0.29, 0.717) is 10.8 Å². The van der Waals surface area contributed by atoms with Crippen LogP contribution in [0.1, 0.15) is 18.2 Å². The highest BCUT2D eigenvalue weighted by molar-refractivity contribution is 7.14. The van der Waals surface area contributed by atoms with E-state index in [1.165, 1.54) is 29.2 Å². The summed E-state index contributed by atoms with van der Waals surface area (Å²) in [7, 11) is 0. The first-order valence-electron chi connectivity index (χ1n) is 7.91. The average molecular weight is 368 g/mol. The average Bonchev–Trinajstić information content (AvgIpc) is 3.05. The fraction of sp³-hybridized carbons (Fsp3) is 0.105. The lowest BCUT2D eigenvalue weighted by Crippen LogP contribution is -2.23. The van der Waals surface area contributed by atoms with Crippen molar-refractivity contribution in [1.29, 1.82) is 0 Å². The summed E-state index contributed by atoms with van der Waals surface area (Å²) in [5.41, 5.74) is 5.68. The molecule has 2 aromatic carbocycles. The molecular weight excluding hydrogens is 351 g/mol. The molecule has 0 aliphatic heterocycles. The number of benzene rings is 2. The highest BCUT2D eigenvalue weighted by Crippen LogP contribution is 2.30. The second kappa shape index (κ2) is 7.88. The molecule has 3 aromatic rings. The lowest BCUT2D eigenvalue weighted by molar-refractivity contribution is -0.115. The molecule has 0 bridgehead atoms. The van der Waals surface area contributed by atoms with Crippen molar-refractivity contribution >= 4 is 40.0 Å². The Hall–Kier alpha value is -3.06. The van der Waals surface area contributed by atoms with Crippen LogP contribution in [0.15, 0.2) is 59.0 Å². The van der Waals surface area contributed by atoms with Crippen LogP contribution < -0.4 is 10.3 Å². The minimum absolute atomic E-state index is 0.177. The van der Waals surface area contributed by atoms with E-state index in [0.717, 1.165) is 11.3 Å². The summed E-state index contributed by atoms with van der Waals surface area (Å²) in [5, 5.41) is 6.30. The standard InChI is InChI=1S/C19H17FN4OS/c1-13-6-5-7-15(10-13)23-21-11-16-12-26-19(22-16)24(14(2)25)18-9-4-3-8-17(18)20/h3-12,23H,1-2H3/b21-11-. The Bertz CT molecular complexity index is 954. The maximum absolute atomic E-state index is 14.1. The van der Waals surface area contributed by atoms with Crippen molar-refractivity contribution in [3.63, 3.8) is 0 Å². The highest BCUT2D eigenvalue weighted by atomic mass is 32.1. The maximum Gasteiger partial charge on any atom is 0.230 e. The fourth-order valence-corrected chi connectivity index (χ4v) is 3.20. The zero-order chi connectivity index (χ0) is 18.5. The van der Waals surface area contributed by atoms with Crippen LogP contribution in [0, 0.1) is 12.7 Å². The number of nitrogens with zero attached hydrogens (tertiary/aromatic N) is 3. The predicted molar refractivity (Wildman–Crippen MR) is 104 cm³/mol. The third kappa shape index (κ3) is 4.12. The van der Waals surface area contributed by atoms with Crippen molar-refractivity contribution in [2.24, 2.45) is 5.10 Å². The van der Waals surface area contributed by atoms with Gasteiger partial charge in [0.2, 0.25) is 5.91 Å². The van der Waals surface area contributed by atoms with E-state index >= 15 is 0 Å². The number of nitrogens with one attached hydrogen (secondary N) is 1. The van der Waals surface area contributed by atoms with Gasteiger partial charge >= 0.3 is 0 Å². The van der Waals surface area contributed by atoms with E-state index in [-0.39, 0.29) is 11.6 Å². The zero-order valence-corrected chi connectivity index (χ0v) is 15.1. The first-order valence-corrected chi connectivity index (χ1v) is 8.79. The monoisotopic (exact) mass is 368 g/mol. The highest BCUT2D eigenvalue weighted by Gasteiger charge is 2.20. The van der Waals surface area contributed by atoms with Gasteiger partial charge < -0.3 is 0 Å². The summed E-state index contributed by atoms with van der Waals surface area (Å²) in [6.07, 6.45) is 1.56. The summed E-state index contributed by atoms with van der Waals surface area (Å²) >= 11 is 1.25. The van der Waals surface area contributed by atoms with Crippen LogP contribution in [0.4, 0.5) is 20.9 Å². The number of carbonyl (C=O) groups excluding carboxylic acids is 1. The van der Waals surface area contributed by atoms with Gasteiger partial charge in [0.25, 0.3) is 0 Å². The van der Waals surface area contributed by atoms with Crippen molar-refractivity contribution in [1.82, 2.24) is 4.98 Å². The van der Waals surface area contributed by atoms with Gasteiger partial charge in [-0.25, -0.2) is 9.37 Å². The van der Waals surface area contributed by atoms with Crippen molar-refractivity contribution in [2.45, 2.75) is 13.8 Å². The van der Waals surface area contributed by atoms with E-state index in [1.807, 2.05) is 31.2 Å². The largest absolute Gasteiger partial charge is 0.278 e. The molecule has 0 aliphatic rings. The van der Waals surface area contributed by atoms with Crippen LogP contribution in [0.3, 0.4) is 0 Å². The van der Waals surface area contributed by atoms with Gasteiger partial charge in [-0.2, -0.15) is 5.10 Å². The van der Waals surface area contributed by atoms with Crippen molar-refractivity contribution < 1.29 is 9.18 Å². The maximum atomic E-state index is 14.1. The quantitative estimate of drug-likeness (QED) is 0.524. The fourth-order valence-electron chi connectivity index (χ4n) is 2.37. The number of halogens is 1. The number of aryl methyl sites for hydroxylation is 1. The molecule has 0 atom stereocenters. The molecule has 1 aromatic heterocycles. The molecule has 0 aliphatic carbocycles. The van der Waals surface area contributed by atoms with Gasteiger partial charge in [-0.3, -0.25) is 15.1 Å². The number of para-hydroxylation sites is 1. The van der Waals surface area contributed by atoms with Crippen molar-refractivity contribution in [3.8, 4) is 0 Å². The zero-order valence-electron chi connectivity index (χ0n) is 14.3. The Morgan fingerprint density at radius 1 is 1.27 bits per heavy atom. The summed E-state index contributed by atoms with van der Waals surface area (Å²) in [5.74, 6) is -0.792. The number of thiazole rings is 1. The van der Waals surface area contributed by atoms with Gasteiger partial charge in [-0.1, -0.05) is 24.3 Å². The molecule has 1 heterocycles. The van der Waals surface area contributed by atoms with E-state index in [4.69, 9.17) is 0 Å². The number of hydrazone groups is 1. The first kappa shape index (κ1) is 17.8. The SMILES string of the molecule is CC(=O)N(c1nc(/C=N\Nc2cccc(C)c2)cs1)c1ccccc1F. The Kier molecular flexibility index (Phi) is 5.38. The Morgan fingerprint density at radius 2 is 2.08 bits per heavy atom. The van der Waals surface area contributed by atoms with Gasteiger partial charge in [0.15, 0.2) is 5.13 Å². The molecular formula is C19H17FN4OS. The van der Waals surface area contributed by atoms with Gasteiger partial charge in [-0.05, 0) is 36.8 Å². The van der Waals surface area contributed by atoms with Gasteiger partial charge in [0.1, 0.15) is 5.82 Å². The molecule has 0 radical (unpaired) electrons. The smallest absolute Gasteiger partial charge is 0.230 e. The number of aromatic nitrogens is 1. The third-order valence-electron chi connectivity index (χ3n) is 3.52. The number of hydrogen-bond donors (Lipinski definition) is 1. The summed E-state index contributed by atoms with van der Waals surface area (Å²) in [6.45, 7) is 3.38. The minimum atomic E-state index is -0.478. The molecule has 0 saturated carbocycles. The van der Waals surface area contributed by atoms with Crippen LogP contribution in [0.25, 0.3) is 0 Å². The molecule has 26 heavy (non-hydrogen) atoms. The van der Waals surface area contributed by atoms with E-state index in [9.17, 15) is 9.18 Å². The molecule has 7 heteroatoms. The summed E-state index contributed by atoms with van der Waals surface area (Å²) in [4.78, 5) is 17.6. The van der Waals surface area contributed by atoms with Gasteiger partial charge in [0.05, 0.1) is 23.3 Å². The third-order valence-corrected chi connectivity index (χ3v) is 4.36.